The maximum Gasteiger partial charge on any atom is 0.331 e. The minimum atomic E-state index is -1.04. The van der Waals surface area contributed by atoms with Gasteiger partial charge in [0.05, 0.1) is 0 Å². The number of esters is 1. The largest absolute Gasteiger partial charge is 0.451 e. The van der Waals surface area contributed by atoms with Crippen LogP contribution in [-0.4, -0.2) is 44.1 Å². The molecule has 5 nitrogen and oxygen atoms in total. The lowest BCUT2D eigenvalue weighted by atomic mass is 9.96. The van der Waals surface area contributed by atoms with E-state index in [4.69, 9.17) is 4.74 Å². The smallest absolute Gasteiger partial charge is 0.331 e. The highest BCUT2D eigenvalue weighted by atomic mass is 32.2. The molecule has 4 rings (SSSR count). The van der Waals surface area contributed by atoms with Crippen molar-refractivity contribution in [3.63, 3.8) is 0 Å². The molecule has 2 aliphatic rings. The summed E-state index contributed by atoms with van der Waals surface area (Å²) >= 11 is 1.44. The number of aliphatic hydroxyl groups is 1. The van der Waals surface area contributed by atoms with Gasteiger partial charge in [0.1, 0.15) is 11.4 Å². The quantitative estimate of drug-likeness (QED) is 0.650. The molecular weight excluding hydrogens is 362 g/mol. The minimum absolute atomic E-state index is 0.378. The van der Waals surface area contributed by atoms with Gasteiger partial charge >= 0.3 is 5.97 Å². The molecular formula is C21H21NO4S. The highest BCUT2D eigenvalue weighted by Crippen LogP contribution is 2.51. The van der Waals surface area contributed by atoms with Gasteiger partial charge in [0.25, 0.3) is 5.91 Å². The molecule has 6 heteroatoms. The minimum Gasteiger partial charge on any atom is -0.451 e. The number of hydrogen-bond donors (Lipinski definition) is 1. The Bertz CT molecular complexity index is 816. The van der Waals surface area contributed by atoms with E-state index < -0.39 is 34.9 Å². The number of fused-ring (bicyclic) bond motifs is 1. The lowest BCUT2D eigenvalue weighted by Gasteiger charge is -2.41. The molecule has 0 spiro atoms. The fourth-order valence-corrected chi connectivity index (χ4v) is 5.28. The molecule has 0 aromatic heterocycles. The maximum atomic E-state index is 13.1. The average Bonchev–Trinajstić information content (AvgIpc) is 2.95. The number of ether oxygens (including phenoxy) is 1. The van der Waals surface area contributed by atoms with Crippen LogP contribution in [0, 0.1) is 0 Å². The Morgan fingerprint density at radius 2 is 1.59 bits per heavy atom. The SMILES string of the molecule is CC1(C)S[C@@H]2[C@@H](O)C(=O)N2[C@H]1C(=O)OC(c1ccccc1)c1ccccc1. The van der Waals surface area contributed by atoms with Crippen LogP contribution in [0.4, 0.5) is 0 Å². The molecule has 2 aromatic carbocycles. The average molecular weight is 383 g/mol. The number of thioether (sulfide) groups is 1. The summed E-state index contributed by atoms with van der Waals surface area (Å²) in [7, 11) is 0. The Kier molecular flexibility index (Phi) is 4.48. The first kappa shape index (κ1) is 18.1. The van der Waals surface area contributed by atoms with E-state index in [0.717, 1.165) is 11.1 Å². The molecule has 0 unspecified atom stereocenters. The number of amides is 1. The van der Waals surface area contributed by atoms with E-state index in [-0.39, 0.29) is 5.37 Å². The van der Waals surface area contributed by atoms with Crippen LogP contribution in [0.2, 0.25) is 0 Å². The van der Waals surface area contributed by atoms with Crippen LogP contribution in [0.5, 0.6) is 0 Å². The second-order valence-corrected chi connectivity index (χ2v) is 9.11. The number of benzene rings is 2. The van der Waals surface area contributed by atoms with Crippen LogP contribution < -0.4 is 0 Å². The van der Waals surface area contributed by atoms with Crippen molar-refractivity contribution in [2.75, 3.05) is 0 Å². The summed E-state index contributed by atoms with van der Waals surface area (Å²) < 4.78 is 5.42. The predicted octanol–water partition coefficient (Wildman–Crippen LogP) is 2.74. The molecule has 1 amide bonds. The molecule has 2 heterocycles. The fourth-order valence-electron chi connectivity index (χ4n) is 3.74. The number of aliphatic hydroxyl groups excluding tert-OH is 1. The molecule has 2 fully saturated rings. The fraction of sp³-hybridized carbons (Fsp3) is 0.333. The standard InChI is InChI=1S/C21H21NO4S/c1-21(2)17(22-18(24)15(23)19(22)27-21)20(25)26-16(13-9-5-3-6-10-13)14-11-7-4-8-12-14/h3-12,15-17,19,23H,1-2H3/t15-,17-,19+/m0/s1. The van der Waals surface area contributed by atoms with Crippen molar-refractivity contribution in [2.45, 2.75) is 42.2 Å². The van der Waals surface area contributed by atoms with Gasteiger partial charge < -0.3 is 14.7 Å². The summed E-state index contributed by atoms with van der Waals surface area (Å²) in [6.45, 7) is 3.81. The van der Waals surface area contributed by atoms with E-state index in [2.05, 4.69) is 0 Å². The van der Waals surface area contributed by atoms with Gasteiger partial charge in [-0.1, -0.05) is 60.7 Å². The van der Waals surface area contributed by atoms with Crippen molar-refractivity contribution in [3.8, 4) is 0 Å². The molecule has 2 aromatic rings. The highest BCUT2D eigenvalue weighted by Gasteiger charge is 2.64. The van der Waals surface area contributed by atoms with E-state index in [9.17, 15) is 14.7 Å². The number of hydrogen-bond acceptors (Lipinski definition) is 5. The summed E-state index contributed by atoms with van der Waals surface area (Å²) in [5, 5.41) is 9.51. The van der Waals surface area contributed by atoms with Crippen LogP contribution in [0.1, 0.15) is 31.1 Å². The summed E-state index contributed by atoms with van der Waals surface area (Å²) in [4.78, 5) is 26.7. The van der Waals surface area contributed by atoms with E-state index >= 15 is 0 Å². The zero-order chi connectivity index (χ0) is 19.2. The van der Waals surface area contributed by atoms with Crippen molar-refractivity contribution in [2.24, 2.45) is 0 Å². The summed E-state index contributed by atoms with van der Waals surface area (Å²) in [6, 6.07) is 18.4. The lowest BCUT2D eigenvalue weighted by molar-refractivity contribution is -0.173. The highest BCUT2D eigenvalue weighted by molar-refractivity contribution is 8.01. The van der Waals surface area contributed by atoms with Gasteiger partial charge in [0.15, 0.2) is 12.2 Å². The summed E-state index contributed by atoms with van der Waals surface area (Å²) in [6.07, 6.45) is -1.59. The second-order valence-electron chi connectivity index (χ2n) is 7.34. The van der Waals surface area contributed by atoms with Gasteiger partial charge in [0, 0.05) is 4.75 Å². The topological polar surface area (TPSA) is 66.8 Å². The summed E-state index contributed by atoms with van der Waals surface area (Å²) in [5.74, 6) is -0.857. The van der Waals surface area contributed by atoms with Gasteiger partial charge in [0.2, 0.25) is 0 Å². The van der Waals surface area contributed by atoms with Crippen LogP contribution >= 0.6 is 11.8 Å². The number of β-lactam (4-membered cyclic amide) rings is 1. The number of nitrogens with zero attached hydrogens (tertiary/aromatic N) is 1. The van der Waals surface area contributed by atoms with Crippen LogP contribution in [0.3, 0.4) is 0 Å². The molecule has 0 radical (unpaired) electrons. The molecule has 2 saturated heterocycles. The Morgan fingerprint density at radius 3 is 2.11 bits per heavy atom. The molecule has 0 bridgehead atoms. The Balaban J connectivity index is 1.64. The molecule has 140 valence electrons. The molecule has 2 aliphatic heterocycles. The lowest BCUT2D eigenvalue weighted by Crippen LogP contribution is -2.65. The van der Waals surface area contributed by atoms with Gasteiger partial charge in [-0.05, 0) is 25.0 Å². The zero-order valence-electron chi connectivity index (χ0n) is 15.1. The number of carbonyl (C=O) groups excluding carboxylic acids is 2. The first-order chi connectivity index (χ1) is 12.9. The third-order valence-electron chi connectivity index (χ3n) is 5.07. The Labute approximate surface area is 162 Å². The summed E-state index contributed by atoms with van der Waals surface area (Å²) in [5.41, 5.74) is 1.74. The van der Waals surface area contributed by atoms with Crippen LogP contribution in [0.15, 0.2) is 60.7 Å². The van der Waals surface area contributed by atoms with Crippen LogP contribution in [0.25, 0.3) is 0 Å². The number of rotatable bonds is 4. The van der Waals surface area contributed by atoms with Crippen molar-refractivity contribution >= 4 is 23.6 Å². The van der Waals surface area contributed by atoms with Crippen molar-refractivity contribution in [3.05, 3.63) is 71.8 Å². The Morgan fingerprint density at radius 1 is 1.07 bits per heavy atom. The third kappa shape index (κ3) is 3.03. The van der Waals surface area contributed by atoms with Gasteiger partial charge in [-0.3, -0.25) is 4.79 Å². The predicted molar refractivity (Wildman–Crippen MR) is 103 cm³/mol. The first-order valence-corrected chi connectivity index (χ1v) is 9.76. The van der Waals surface area contributed by atoms with E-state index in [1.807, 2.05) is 74.5 Å². The normalized spacial score (nSPS) is 25.9. The van der Waals surface area contributed by atoms with E-state index in [1.54, 1.807) is 0 Å². The second kappa shape index (κ2) is 6.69. The number of carbonyl (C=O) groups is 2. The van der Waals surface area contributed by atoms with Gasteiger partial charge in [-0.15, -0.1) is 11.8 Å². The Hall–Kier alpha value is -2.31. The van der Waals surface area contributed by atoms with Crippen molar-refractivity contribution in [1.29, 1.82) is 0 Å². The van der Waals surface area contributed by atoms with E-state index in [0.29, 0.717) is 0 Å². The van der Waals surface area contributed by atoms with Crippen molar-refractivity contribution < 1.29 is 19.4 Å². The molecule has 0 aliphatic carbocycles. The van der Waals surface area contributed by atoms with Gasteiger partial charge in [-0.2, -0.15) is 0 Å². The molecule has 27 heavy (non-hydrogen) atoms. The molecule has 1 N–H and O–H groups in total. The molecule has 0 saturated carbocycles. The van der Waals surface area contributed by atoms with E-state index in [1.165, 1.54) is 16.7 Å². The maximum absolute atomic E-state index is 13.1. The van der Waals surface area contributed by atoms with Gasteiger partial charge in [-0.25, -0.2) is 4.79 Å². The first-order valence-electron chi connectivity index (χ1n) is 8.88. The van der Waals surface area contributed by atoms with Crippen LogP contribution in [-0.2, 0) is 14.3 Å². The van der Waals surface area contributed by atoms with Crippen molar-refractivity contribution in [1.82, 2.24) is 4.90 Å². The molecule has 3 atom stereocenters. The third-order valence-corrected chi connectivity index (χ3v) is 6.63. The monoisotopic (exact) mass is 383 g/mol. The zero-order valence-corrected chi connectivity index (χ0v) is 15.9.